The number of rotatable bonds is 2. The lowest BCUT2D eigenvalue weighted by Gasteiger charge is -2.12. The zero-order valence-electron chi connectivity index (χ0n) is 9.30. The number of nitrogens with two attached hydrogens (primary N) is 1. The fourth-order valence-electron chi connectivity index (χ4n) is 1.52. The van der Waals surface area contributed by atoms with Gasteiger partial charge < -0.3 is 11.1 Å². The van der Waals surface area contributed by atoms with Crippen LogP contribution in [0.25, 0.3) is 0 Å². The van der Waals surface area contributed by atoms with Crippen LogP contribution in [-0.2, 0) is 0 Å². The van der Waals surface area contributed by atoms with E-state index in [0.29, 0.717) is 10.0 Å². The Morgan fingerprint density at radius 3 is 2.53 bits per heavy atom. The molecule has 0 amide bonds. The van der Waals surface area contributed by atoms with Crippen molar-refractivity contribution < 1.29 is 0 Å². The van der Waals surface area contributed by atoms with E-state index in [9.17, 15) is 0 Å². The number of benzene rings is 2. The second kappa shape index (κ2) is 4.86. The van der Waals surface area contributed by atoms with Gasteiger partial charge in [0, 0.05) is 16.4 Å². The highest BCUT2D eigenvalue weighted by molar-refractivity contribution is 6.36. The average molecular weight is 267 g/mol. The van der Waals surface area contributed by atoms with Gasteiger partial charge in [-0.1, -0.05) is 29.3 Å². The minimum atomic E-state index is 0.583. The Morgan fingerprint density at radius 2 is 1.82 bits per heavy atom. The van der Waals surface area contributed by atoms with Crippen molar-refractivity contribution in [1.82, 2.24) is 0 Å². The molecular weight excluding hydrogens is 255 g/mol. The van der Waals surface area contributed by atoms with Gasteiger partial charge in [0.1, 0.15) is 0 Å². The van der Waals surface area contributed by atoms with Gasteiger partial charge in [-0.2, -0.15) is 0 Å². The fraction of sp³-hybridized carbons (Fsp3) is 0.0769. The number of hydrogen-bond acceptors (Lipinski definition) is 2. The van der Waals surface area contributed by atoms with Crippen LogP contribution in [-0.4, -0.2) is 0 Å². The SMILES string of the molecule is Cc1c(N)cccc1Nc1ccc(Cl)cc1Cl. The Kier molecular flexibility index (Phi) is 3.46. The van der Waals surface area contributed by atoms with Crippen LogP contribution in [0.4, 0.5) is 17.1 Å². The summed E-state index contributed by atoms with van der Waals surface area (Å²) in [4.78, 5) is 0. The Balaban J connectivity index is 2.35. The second-order valence-electron chi connectivity index (χ2n) is 3.77. The summed E-state index contributed by atoms with van der Waals surface area (Å²) in [6, 6.07) is 11.0. The first kappa shape index (κ1) is 12.1. The zero-order chi connectivity index (χ0) is 12.4. The lowest BCUT2D eigenvalue weighted by molar-refractivity contribution is 1.43. The normalized spacial score (nSPS) is 10.3. The van der Waals surface area contributed by atoms with E-state index in [0.717, 1.165) is 22.6 Å². The van der Waals surface area contributed by atoms with E-state index in [1.54, 1.807) is 12.1 Å². The molecule has 2 aromatic rings. The van der Waals surface area contributed by atoms with Gasteiger partial charge in [0.15, 0.2) is 0 Å². The maximum absolute atomic E-state index is 6.09. The lowest BCUT2D eigenvalue weighted by Crippen LogP contribution is -1.97. The first-order chi connectivity index (χ1) is 8.08. The van der Waals surface area contributed by atoms with Gasteiger partial charge in [-0.3, -0.25) is 0 Å². The molecular formula is C13H12Cl2N2. The number of nitrogen functional groups attached to an aromatic ring is 1. The van der Waals surface area contributed by atoms with E-state index in [1.165, 1.54) is 0 Å². The molecule has 0 bridgehead atoms. The van der Waals surface area contributed by atoms with Crippen molar-refractivity contribution in [2.75, 3.05) is 11.1 Å². The summed E-state index contributed by atoms with van der Waals surface area (Å²) in [6.07, 6.45) is 0. The number of anilines is 3. The molecule has 0 fully saturated rings. The average Bonchev–Trinajstić information content (AvgIpc) is 2.28. The number of hydrogen-bond donors (Lipinski definition) is 2. The maximum Gasteiger partial charge on any atom is 0.0655 e. The molecule has 88 valence electrons. The molecule has 0 spiro atoms. The summed E-state index contributed by atoms with van der Waals surface area (Å²) in [5.41, 5.74) is 9.34. The van der Waals surface area contributed by atoms with Crippen LogP contribution in [0.15, 0.2) is 36.4 Å². The molecule has 0 saturated heterocycles. The van der Waals surface area contributed by atoms with Crippen molar-refractivity contribution in [3.8, 4) is 0 Å². The molecule has 17 heavy (non-hydrogen) atoms. The molecule has 0 saturated carbocycles. The molecule has 3 N–H and O–H groups in total. The van der Waals surface area contributed by atoms with Crippen LogP contribution in [0.3, 0.4) is 0 Å². The predicted octanol–water partition coefficient (Wildman–Crippen LogP) is 4.63. The third-order valence-corrected chi connectivity index (χ3v) is 3.12. The molecule has 0 radical (unpaired) electrons. The standard InChI is InChI=1S/C13H12Cl2N2/c1-8-11(16)3-2-4-12(8)17-13-6-5-9(14)7-10(13)15/h2-7,17H,16H2,1H3. The van der Waals surface area contributed by atoms with Crippen LogP contribution < -0.4 is 11.1 Å². The van der Waals surface area contributed by atoms with Crippen molar-refractivity contribution >= 4 is 40.3 Å². The third kappa shape index (κ3) is 2.65. The molecule has 0 aliphatic rings. The summed E-state index contributed by atoms with van der Waals surface area (Å²) < 4.78 is 0. The van der Waals surface area contributed by atoms with Gasteiger partial charge in [-0.05, 0) is 42.8 Å². The highest BCUT2D eigenvalue weighted by Crippen LogP contribution is 2.30. The molecule has 2 nitrogen and oxygen atoms in total. The van der Waals surface area contributed by atoms with Gasteiger partial charge in [0.2, 0.25) is 0 Å². The summed E-state index contributed by atoms with van der Waals surface area (Å²) in [5, 5.41) is 4.44. The van der Waals surface area contributed by atoms with E-state index in [1.807, 2.05) is 31.2 Å². The monoisotopic (exact) mass is 266 g/mol. The van der Waals surface area contributed by atoms with Crippen LogP contribution in [0.5, 0.6) is 0 Å². The first-order valence-corrected chi connectivity index (χ1v) is 5.90. The van der Waals surface area contributed by atoms with Crippen LogP contribution in [0, 0.1) is 6.92 Å². The number of halogens is 2. The minimum absolute atomic E-state index is 0.583. The van der Waals surface area contributed by atoms with Gasteiger partial charge >= 0.3 is 0 Å². The Bertz CT molecular complexity index is 553. The first-order valence-electron chi connectivity index (χ1n) is 5.15. The molecule has 0 unspecified atom stereocenters. The molecule has 2 rings (SSSR count). The van der Waals surface area contributed by atoms with E-state index in [2.05, 4.69) is 5.32 Å². The predicted molar refractivity (Wildman–Crippen MR) is 75.3 cm³/mol. The van der Waals surface area contributed by atoms with Crippen molar-refractivity contribution in [3.05, 3.63) is 52.0 Å². The van der Waals surface area contributed by atoms with Gasteiger partial charge in [-0.25, -0.2) is 0 Å². The highest BCUT2D eigenvalue weighted by Gasteiger charge is 2.05. The van der Waals surface area contributed by atoms with Crippen molar-refractivity contribution in [2.24, 2.45) is 0 Å². The molecule has 0 heterocycles. The van der Waals surface area contributed by atoms with Gasteiger partial charge in [0.05, 0.1) is 10.7 Å². The molecule has 4 heteroatoms. The summed E-state index contributed by atoms with van der Waals surface area (Å²) in [5.74, 6) is 0. The molecule has 0 aromatic heterocycles. The topological polar surface area (TPSA) is 38.0 Å². The Hall–Kier alpha value is -1.38. The van der Waals surface area contributed by atoms with Gasteiger partial charge in [-0.15, -0.1) is 0 Å². The van der Waals surface area contributed by atoms with E-state index in [4.69, 9.17) is 28.9 Å². The van der Waals surface area contributed by atoms with Crippen molar-refractivity contribution in [3.63, 3.8) is 0 Å². The lowest BCUT2D eigenvalue weighted by atomic mass is 10.1. The summed E-state index contributed by atoms with van der Waals surface area (Å²) in [6.45, 7) is 1.96. The number of nitrogens with one attached hydrogen (secondary N) is 1. The quantitative estimate of drug-likeness (QED) is 0.778. The van der Waals surface area contributed by atoms with Gasteiger partial charge in [0.25, 0.3) is 0 Å². The van der Waals surface area contributed by atoms with Crippen LogP contribution >= 0.6 is 23.2 Å². The van der Waals surface area contributed by atoms with Crippen LogP contribution in [0.1, 0.15) is 5.56 Å². The Morgan fingerprint density at radius 1 is 1.06 bits per heavy atom. The highest BCUT2D eigenvalue weighted by atomic mass is 35.5. The molecule has 2 aromatic carbocycles. The Labute approximate surface area is 110 Å². The zero-order valence-corrected chi connectivity index (χ0v) is 10.8. The maximum atomic E-state index is 6.09. The minimum Gasteiger partial charge on any atom is -0.398 e. The smallest absolute Gasteiger partial charge is 0.0655 e. The van der Waals surface area contributed by atoms with Crippen molar-refractivity contribution in [2.45, 2.75) is 6.92 Å². The van der Waals surface area contributed by atoms with E-state index in [-0.39, 0.29) is 0 Å². The molecule has 0 atom stereocenters. The van der Waals surface area contributed by atoms with E-state index >= 15 is 0 Å². The van der Waals surface area contributed by atoms with Crippen molar-refractivity contribution in [1.29, 1.82) is 0 Å². The molecule has 0 aliphatic heterocycles. The summed E-state index contributed by atoms with van der Waals surface area (Å²) in [7, 11) is 0. The summed E-state index contributed by atoms with van der Waals surface area (Å²) >= 11 is 11.9. The van der Waals surface area contributed by atoms with E-state index < -0.39 is 0 Å². The molecule has 0 aliphatic carbocycles. The second-order valence-corrected chi connectivity index (χ2v) is 4.61. The fourth-order valence-corrected chi connectivity index (χ4v) is 1.98. The third-order valence-electron chi connectivity index (χ3n) is 2.58. The largest absolute Gasteiger partial charge is 0.398 e. The van der Waals surface area contributed by atoms with Crippen LogP contribution in [0.2, 0.25) is 10.0 Å².